The van der Waals surface area contributed by atoms with E-state index in [9.17, 15) is 0 Å². The summed E-state index contributed by atoms with van der Waals surface area (Å²) in [6, 6.07) is 0.388. The van der Waals surface area contributed by atoms with Gasteiger partial charge in [0, 0.05) is 32.2 Å². The lowest BCUT2D eigenvalue weighted by Crippen LogP contribution is -2.48. The van der Waals surface area contributed by atoms with Gasteiger partial charge < -0.3 is 16.4 Å². The van der Waals surface area contributed by atoms with E-state index in [1.54, 1.807) is 0 Å². The summed E-state index contributed by atoms with van der Waals surface area (Å²) < 4.78 is 0. The van der Waals surface area contributed by atoms with Crippen LogP contribution in [-0.4, -0.2) is 37.1 Å². The summed E-state index contributed by atoms with van der Waals surface area (Å²) in [5, 5.41) is 0. The quantitative estimate of drug-likeness (QED) is 0.685. The van der Waals surface area contributed by atoms with Gasteiger partial charge in [0.05, 0.1) is 0 Å². The highest BCUT2D eigenvalue weighted by Gasteiger charge is 2.30. The molecule has 2 unspecified atom stereocenters. The molecule has 2 atom stereocenters. The van der Waals surface area contributed by atoms with Crippen molar-refractivity contribution < 1.29 is 0 Å². The lowest BCUT2D eigenvalue weighted by atomic mass is 9.90. The number of hydrogen-bond acceptors (Lipinski definition) is 3. The van der Waals surface area contributed by atoms with E-state index < -0.39 is 0 Å². The number of likely N-dealkylation sites (tertiary alicyclic amines) is 1. The fraction of sp³-hybridized carbons (Fsp3) is 1.00. The summed E-state index contributed by atoms with van der Waals surface area (Å²) in [6.45, 7) is 4.08. The van der Waals surface area contributed by atoms with Crippen LogP contribution in [0.2, 0.25) is 0 Å². The number of hydrogen-bond donors (Lipinski definition) is 2. The zero-order chi connectivity index (χ0) is 9.97. The third kappa shape index (κ3) is 2.94. The molecule has 2 aliphatic rings. The minimum absolute atomic E-state index is 0.388. The van der Waals surface area contributed by atoms with Crippen LogP contribution in [0.3, 0.4) is 0 Å². The zero-order valence-corrected chi connectivity index (χ0v) is 8.99. The smallest absolute Gasteiger partial charge is 0.0170 e. The maximum Gasteiger partial charge on any atom is 0.0170 e. The third-order valence-corrected chi connectivity index (χ3v) is 3.45. The molecule has 0 aromatic rings. The minimum atomic E-state index is 0.388. The summed E-state index contributed by atoms with van der Waals surface area (Å²) in [7, 11) is 0. The second-order valence-corrected chi connectivity index (χ2v) is 5.09. The lowest BCUT2D eigenvalue weighted by molar-refractivity contribution is 0.151. The van der Waals surface area contributed by atoms with E-state index in [1.807, 2.05) is 0 Å². The van der Waals surface area contributed by atoms with Crippen LogP contribution in [0.25, 0.3) is 0 Å². The predicted molar refractivity (Wildman–Crippen MR) is 58.9 cm³/mol. The summed E-state index contributed by atoms with van der Waals surface area (Å²) >= 11 is 0. The molecule has 14 heavy (non-hydrogen) atoms. The van der Waals surface area contributed by atoms with Crippen molar-refractivity contribution in [3.8, 4) is 0 Å². The molecule has 2 fully saturated rings. The molecule has 4 N–H and O–H groups in total. The van der Waals surface area contributed by atoms with Crippen molar-refractivity contribution in [2.24, 2.45) is 23.3 Å². The molecule has 1 saturated heterocycles. The standard InChI is InChI=1S/C11H23N3/c12-3-4-14-7-10(5-9-1-2-9)6-11(13)8-14/h9-11H,1-8,12-13H2. The van der Waals surface area contributed by atoms with Crippen LogP contribution in [0.1, 0.15) is 25.7 Å². The fourth-order valence-electron chi connectivity index (χ4n) is 2.71. The molecule has 0 amide bonds. The topological polar surface area (TPSA) is 55.3 Å². The Bertz CT molecular complexity index is 177. The molecule has 82 valence electrons. The second-order valence-electron chi connectivity index (χ2n) is 5.09. The first kappa shape index (κ1) is 10.4. The molecule has 1 aliphatic carbocycles. The van der Waals surface area contributed by atoms with Crippen molar-refractivity contribution in [1.82, 2.24) is 4.90 Å². The first-order valence-corrected chi connectivity index (χ1v) is 5.96. The number of piperidine rings is 1. The number of nitrogens with two attached hydrogens (primary N) is 2. The monoisotopic (exact) mass is 197 g/mol. The van der Waals surface area contributed by atoms with Crippen molar-refractivity contribution in [1.29, 1.82) is 0 Å². The highest BCUT2D eigenvalue weighted by molar-refractivity contribution is 4.85. The average Bonchev–Trinajstić information content (AvgIpc) is 2.87. The fourth-order valence-corrected chi connectivity index (χ4v) is 2.71. The van der Waals surface area contributed by atoms with Crippen LogP contribution in [0.5, 0.6) is 0 Å². The third-order valence-electron chi connectivity index (χ3n) is 3.45. The van der Waals surface area contributed by atoms with Crippen molar-refractivity contribution >= 4 is 0 Å². The van der Waals surface area contributed by atoms with Gasteiger partial charge in [-0.1, -0.05) is 12.8 Å². The van der Waals surface area contributed by atoms with Gasteiger partial charge in [-0.2, -0.15) is 0 Å². The van der Waals surface area contributed by atoms with E-state index in [-0.39, 0.29) is 0 Å². The molecule has 0 aromatic heterocycles. The van der Waals surface area contributed by atoms with Crippen LogP contribution >= 0.6 is 0 Å². The highest BCUT2D eigenvalue weighted by Crippen LogP contribution is 2.37. The first-order valence-electron chi connectivity index (χ1n) is 5.96. The first-order chi connectivity index (χ1) is 6.78. The predicted octanol–water partition coefficient (Wildman–Crippen LogP) is 0.394. The van der Waals surface area contributed by atoms with Crippen LogP contribution in [-0.2, 0) is 0 Å². The van der Waals surface area contributed by atoms with Crippen LogP contribution < -0.4 is 11.5 Å². The highest BCUT2D eigenvalue weighted by atomic mass is 15.2. The number of rotatable bonds is 4. The molecule has 0 aromatic carbocycles. The molecule has 3 nitrogen and oxygen atoms in total. The summed E-state index contributed by atoms with van der Waals surface area (Å²) in [5.74, 6) is 1.88. The summed E-state index contributed by atoms with van der Waals surface area (Å²) in [4.78, 5) is 2.45. The van der Waals surface area contributed by atoms with Crippen molar-refractivity contribution in [3.05, 3.63) is 0 Å². The molecule has 0 bridgehead atoms. The second kappa shape index (κ2) is 4.60. The van der Waals surface area contributed by atoms with Crippen molar-refractivity contribution in [2.75, 3.05) is 26.2 Å². The normalized spacial score (nSPS) is 34.7. The van der Waals surface area contributed by atoms with Crippen LogP contribution in [0, 0.1) is 11.8 Å². The molecule has 1 aliphatic heterocycles. The summed E-state index contributed by atoms with van der Waals surface area (Å²) in [6.07, 6.45) is 5.57. The molecule has 1 saturated carbocycles. The minimum Gasteiger partial charge on any atom is -0.329 e. The molecule has 1 heterocycles. The lowest BCUT2D eigenvalue weighted by Gasteiger charge is -2.36. The van der Waals surface area contributed by atoms with Gasteiger partial charge in [-0.15, -0.1) is 0 Å². The maximum absolute atomic E-state index is 6.06. The Hall–Kier alpha value is -0.120. The van der Waals surface area contributed by atoms with Gasteiger partial charge in [0.1, 0.15) is 0 Å². The zero-order valence-electron chi connectivity index (χ0n) is 8.99. The molecule has 0 radical (unpaired) electrons. The largest absolute Gasteiger partial charge is 0.329 e. The van der Waals surface area contributed by atoms with Gasteiger partial charge in [0.15, 0.2) is 0 Å². The van der Waals surface area contributed by atoms with Gasteiger partial charge >= 0.3 is 0 Å². The summed E-state index contributed by atoms with van der Waals surface area (Å²) in [5.41, 5.74) is 11.6. The van der Waals surface area contributed by atoms with Crippen molar-refractivity contribution in [2.45, 2.75) is 31.7 Å². The van der Waals surface area contributed by atoms with Gasteiger partial charge in [0.25, 0.3) is 0 Å². The Labute approximate surface area is 86.8 Å². The van der Waals surface area contributed by atoms with Gasteiger partial charge in [-0.25, -0.2) is 0 Å². The molecule has 0 spiro atoms. The SMILES string of the molecule is NCCN1CC(N)CC(CC2CC2)C1. The molecule has 3 heteroatoms. The van der Waals surface area contributed by atoms with Gasteiger partial charge in [-0.05, 0) is 24.7 Å². The Balaban J connectivity index is 1.78. The molecular weight excluding hydrogens is 174 g/mol. The Morgan fingerprint density at radius 3 is 2.57 bits per heavy atom. The Kier molecular flexibility index (Phi) is 3.42. The van der Waals surface area contributed by atoms with Crippen LogP contribution in [0.15, 0.2) is 0 Å². The average molecular weight is 197 g/mol. The van der Waals surface area contributed by atoms with E-state index in [0.717, 1.165) is 31.5 Å². The molecule has 2 rings (SSSR count). The van der Waals surface area contributed by atoms with E-state index in [1.165, 1.54) is 32.2 Å². The number of nitrogens with zero attached hydrogens (tertiary/aromatic N) is 1. The van der Waals surface area contributed by atoms with E-state index in [4.69, 9.17) is 11.5 Å². The Morgan fingerprint density at radius 1 is 1.14 bits per heavy atom. The van der Waals surface area contributed by atoms with Gasteiger partial charge in [0.2, 0.25) is 0 Å². The van der Waals surface area contributed by atoms with Crippen LogP contribution in [0.4, 0.5) is 0 Å². The maximum atomic E-state index is 6.06. The molecular formula is C11H23N3. The van der Waals surface area contributed by atoms with E-state index >= 15 is 0 Å². The van der Waals surface area contributed by atoms with Crippen molar-refractivity contribution in [3.63, 3.8) is 0 Å². The Morgan fingerprint density at radius 2 is 1.93 bits per heavy atom. The van der Waals surface area contributed by atoms with E-state index in [0.29, 0.717) is 6.04 Å². The van der Waals surface area contributed by atoms with Gasteiger partial charge in [-0.3, -0.25) is 0 Å². The van der Waals surface area contributed by atoms with E-state index in [2.05, 4.69) is 4.90 Å².